The Morgan fingerprint density at radius 3 is 2.76 bits per heavy atom. The number of H-pyrrole nitrogens is 2. The molecule has 4 heterocycles. The maximum Gasteiger partial charge on any atom is 0.160 e. The molecule has 5 aromatic rings. The Morgan fingerprint density at radius 2 is 1.83 bits per heavy atom. The third-order valence-corrected chi connectivity index (χ3v) is 5.93. The van der Waals surface area contributed by atoms with E-state index in [0.717, 1.165) is 36.2 Å². The highest BCUT2D eigenvalue weighted by Crippen LogP contribution is 2.39. The van der Waals surface area contributed by atoms with Crippen LogP contribution in [0, 0.1) is 0 Å². The predicted octanol–water partition coefficient (Wildman–Crippen LogP) is 4.18. The lowest BCUT2D eigenvalue weighted by atomic mass is 9.92. The molecular formula is C23H20N6. The molecule has 142 valence electrons. The minimum absolute atomic E-state index is 0.168. The average molecular weight is 380 g/mol. The maximum absolute atomic E-state index is 4.66. The third-order valence-electron chi connectivity index (χ3n) is 5.93. The number of fused-ring (bicyclic) bond motifs is 4. The van der Waals surface area contributed by atoms with Crippen LogP contribution in [0.2, 0.25) is 0 Å². The fourth-order valence-electron chi connectivity index (χ4n) is 4.60. The van der Waals surface area contributed by atoms with Crippen LogP contribution in [0.25, 0.3) is 21.9 Å². The van der Waals surface area contributed by atoms with Crippen molar-refractivity contribution in [3.63, 3.8) is 0 Å². The third kappa shape index (κ3) is 2.60. The zero-order chi connectivity index (χ0) is 19.2. The number of nitrogens with one attached hydrogen (secondary N) is 2. The second-order valence-corrected chi connectivity index (χ2v) is 7.54. The van der Waals surface area contributed by atoms with Gasteiger partial charge in [-0.2, -0.15) is 5.10 Å². The Hall–Kier alpha value is -3.67. The van der Waals surface area contributed by atoms with E-state index in [4.69, 9.17) is 0 Å². The first kappa shape index (κ1) is 16.3. The highest BCUT2D eigenvalue weighted by atomic mass is 15.3. The van der Waals surface area contributed by atoms with E-state index in [9.17, 15) is 0 Å². The normalized spacial score (nSPS) is 16.4. The second-order valence-electron chi connectivity index (χ2n) is 7.54. The lowest BCUT2D eigenvalue weighted by Gasteiger charge is -2.37. The summed E-state index contributed by atoms with van der Waals surface area (Å²) in [7, 11) is 0. The SMILES string of the molecule is c1ccc(CC2c3[nH]c4ccccc4c3CCN2c2ncnc3[nH]ncc23)cc1. The van der Waals surface area contributed by atoms with E-state index in [-0.39, 0.29) is 6.04 Å². The molecule has 0 fully saturated rings. The molecule has 0 radical (unpaired) electrons. The van der Waals surface area contributed by atoms with E-state index in [0.29, 0.717) is 0 Å². The first-order valence-corrected chi connectivity index (χ1v) is 9.92. The molecule has 6 rings (SSSR count). The molecule has 1 aliphatic heterocycles. The van der Waals surface area contributed by atoms with Crippen molar-refractivity contribution < 1.29 is 0 Å². The minimum Gasteiger partial charge on any atom is -0.356 e. The molecule has 2 N–H and O–H groups in total. The molecule has 2 aromatic carbocycles. The number of aromatic nitrogens is 5. The van der Waals surface area contributed by atoms with Gasteiger partial charge in [0.05, 0.1) is 17.6 Å². The summed E-state index contributed by atoms with van der Waals surface area (Å²) in [4.78, 5) is 15.1. The van der Waals surface area contributed by atoms with E-state index in [1.54, 1.807) is 6.33 Å². The van der Waals surface area contributed by atoms with Crippen LogP contribution < -0.4 is 4.90 Å². The lowest BCUT2D eigenvalue weighted by molar-refractivity contribution is 0.566. The smallest absolute Gasteiger partial charge is 0.160 e. The van der Waals surface area contributed by atoms with E-state index >= 15 is 0 Å². The number of para-hydroxylation sites is 1. The van der Waals surface area contributed by atoms with Crippen molar-refractivity contribution in [3.05, 3.63) is 83.9 Å². The van der Waals surface area contributed by atoms with Gasteiger partial charge in [-0.15, -0.1) is 0 Å². The standard InChI is InChI=1S/C23H20N6/c1-2-6-15(7-3-1)12-20-21-17(16-8-4-5-9-19(16)27-21)10-11-29(20)23-18-13-26-28-22(18)24-14-25-23/h1-9,13-14,20,27H,10-12H2,(H,24,25,26,28). The zero-order valence-corrected chi connectivity index (χ0v) is 15.8. The van der Waals surface area contributed by atoms with Gasteiger partial charge in [0.1, 0.15) is 12.1 Å². The van der Waals surface area contributed by atoms with Gasteiger partial charge in [0.2, 0.25) is 0 Å². The molecule has 1 atom stereocenters. The molecule has 0 bridgehead atoms. The Kier molecular flexibility index (Phi) is 3.62. The number of nitrogens with zero attached hydrogens (tertiary/aromatic N) is 4. The van der Waals surface area contributed by atoms with Crippen LogP contribution in [0.1, 0.15) is 22.9 Å². The van der Waals surface area contributed by atoms with Crippen molar-refractivity contribution >= 4 is 27.8 Å². The van der Waals surface area contributed by atoms with Gasteiger partial charge in [-0.1, -0.05) is 48.5 Å². The van der Waals surface area contributed by atoms with E-state index in [1.165, 1.54) is 27.7 Å². The minimum atomic E-state index is 0.168. The molecule has 1 unspecified atom stereocenters. The zero-order valence-electron chi connectivity index (χ0n) is 15.8. The van der Waals surface area contributed by atoms with Gasteiger partial charge in [-0.3, -0.25) is 5.10 Å². The molecule has 6 nitrogen and oxygen atoms in total. The van der Waals surface area contributed by atoms with Gasteiger partial charge in [0.15, 0.2) is 5.65 Å². The summed E-state index contributed by atoms with van der Waals surface area (Å²) in [5, 5.41) is 9.44. The van der Waals surface area contributed by atoms with Crippen LogP contribution in [0.4, 0.5) is 5.82 Å². The van der Waals surface area contributed by atoms with Crippen molar-refractivity contribution in [2.75, 3.05) is 11.4 Å². The molecule has 0 saturated heterocycles. The Morgan fingerprint density at radius 1 is 0.966 bits per heavy atom. The number of hydrogen-bond donors (Lipinski definition) is 2. The van der Waals surface area contributed by atoms with E-state index in [1.807, 2.05) is 6.20 Å². The van der Waals surface area contributed by atoms with E-state index < -0.39 is 0 Å². The molecule has 3 aromatic heterocycles. The number of anilines is 1. The molecule has 29 heavy (non-hydrogen) atoms. The van der Waals surface area contributed by atoms with Crippen molar-refractivity contribution in [3.8, 4) is 0 Å². The Bertz CT molecular complexity index is 1300. The van der Waals surface area contributed by atoms with Gasteiger partial charge < -0.3 is 9.88 Å². The number of benzene rings is 2. The fraction of sp³-hybridized carbons (Fsp3) is 0.174. The van der Waals surface area contributed by atoms with Crippen LogP contribution in [0.5, 0.6) is 0 Å². The number of hydrogen-bond acceptors (Lipinski definition) is 4. The topological polar surface area (TPSA) is 73.5 Å². The summed E-state index contributed by atoms with van der Waals surface area (Å²) in [5.41, 5.74) is 6.00. The lowest BCUT2D eigenvalue weighted by Crippen LogP contribution is -2.37. The highest BCUT2D eigenvalue weighted by molar-refractivity contribution is 5.88. The Labute approximate surface area is 167 Å². The summed E-state index contributed by atoms with van der Waals surface area (Å²) >= 11 is 0. The highest BCUT2D eigenvalue weighted by Gasteiger charge is 2.32. The van der Waals surface area contributed by atoms with Crippen LogP contribution in [0.15, 0.2) is 67.1 Å². The second kappa shape index (κ2) is 6.44. The van der Waals surface area contributed by atoms with Crippen LogP contribution >= 0.6 is 0 Å². The average Bonchev–Trinajstić information content (AvgIpc) is 3.39. The fourth-order valence-corrected chi connectivity index (χ4v) is 4.60. The molecule has 0 amide bonds. The number of aromatic amines is 2. The van der Waals surface area contributed by atoms with Gasteiger partial charge in [-0.05, 0) is 30.0 Å². The van der Waals surface area contributed by atoms with E-state index in [2.05, 4.69) is 84.6 Å². The first-order valence-electron chi connectivity index (χ1n) is 9.92. The van der Waals surface area contributed by atoms with Crippen LogP contribution in [-0.2, 0) is 12.8 Å². The largest absolute Gasteiger partial charge is 0.356 e. The van der Waals surface area contributed by atoms with Crippen LogP contribution in [-0.4, -0.2) is 31.7 Å². The molecule has 0 saturated carbocycles. The maximum atomic E-state index is 4.66. The quantitative estimate of drug-likeness (QED) is 0.492. The summed E-state index contributed by atoms with van der Waals surface area (Å²) in [6.45, 7) is 0.906. The van der Waals surface area contributed by atoms with Gasteiger partial charge in [0.25, 0.3) is 0 Å². The first-order chi connectivity index (χ1) is 14.4. The summed E-state index contributed by atoms with van der Waals surface area (Å²) in [6, 6.07) is 19.4. The summed E-state index contributed by atoms with van der Waals surface area (Å²) < 4.78 is 0. The predicted molar refractivity (Wildman–Crippen MR) is 114 cm³/mol. The molecular weight excluding hydrogens is 360 g/mol. The molecule has 0 aliphatic carbocycles. The summed E-state index contributed by atoms with van der Waals surface area (Å²) in [6.07, 6.45) is 5.33. The van der Waals surface area contributed by atoms with Crippen molar-refractivity contribution in [1.29, 1.82) is 0 Å². The van der Waals surface area contributed by atoms with Crippen LogP contribution in [0.3, 0.4) is 0 Å². The molecule has 0 spiro atoms. The monoisotopic (exact) mass is 380 g/mol. The van der Waals surface area contributed by atoms with Crippen molar-refractivity contribution in [1.82, 2.24) is 25.1 Å². The molecule has 1 aliphatic rings. The number of rotatable bonds is 3. The van der Waals surface area contributed by atoms with Gasteiger partial charge in [0, 0.05) is 23.1 Å². The van der Waals surface area contributed by atoms with Gasteiger partial charge >= 0.3 is 0 Å². The van der Waals surface area contributed by atoms with Gasteiger partial charge in [-0.25, -0.2) is 9.97 Å². The van der Waals surface area contributed by atoms with Crippen molar-refractivity contribution in [2.24, 2.45) is 0 Å². The summed E-state index contributed by atoms with van der Waals surface area (Å²) in [5.74, 6) is 0.939. The Balaban J connectivity index is 1.53. The molecule has 6 heteroatoms. The van der Waals surface area contributed by atoms with Crippen molar-refractivity contribution in [2.45, 2.75) is 18.9 Å².